The first kappa shape index (κ1) is 17.9. The van der Waals surface area contributed by atoms with Crippen LogP contribution in [0, 0.1) is 0 Å². The van der Waals surface area contributed by atoms with E-state index < -0.39 is 11.9 Å². The van der Waals surface area contributed by atoms with Crippen molar-refractivity contribution in [3.8, 4) is 11.3 Å². The fraction of sp³-hybridized carbons (Fsp3) is 0.100. The van der Waals surface area contributed by atoms with E-state index in [9.17, 15) is 9.59 Å². The average molecular weight is 395 g/mol. The molecule has 7 nitrogen and oxygen atoms in total. The third-order valence-corrected chi connectivity index (χ3v) is 4.79. The molecule has 8 heteroatoms. The molecule has 0 spiro atoms. The van der Waals surface area contributed by atoms with E-state index in [1.807, 2.05) is 6.07 Å². The van der Waals surface area contributed by atoms with Gasteiger partial charge in [-0.05, 0) is 49.4 Å². The van der Waals surface area contributed by atoms with Gasteiger partial charge < -0.3 is 15.7 Å². The predicted octanol–water partition coefficient (Wildman–Crippen LogP) is 4.29. The number of fused-ring (bicyclic) bond motifs is 3. The predicted molar refractivity (Wildman–Crippen MR) is 106 cm³/mol. The van der Waals surface area contributed by atoms with Gasteiger partial charge in [0, 0.05) is 28.0 Å². The minimum atomic E-state index is -0.991. The normalized spacial score (nSPS) is 15.1. The minimum absolute atomic E-state index is 0.157. The van der Waals surface area contributed by atoms with Crippen LogP contribution in [0.2, 0.25) is 5.02 Å². The molecule has 4 rings (SSSR count). The zero-order chi connectivity index (χ0) is 19.8. The van der Waals surface area contributed by atoms with E-state index in [4.69, 9.17) is 16.7 Å². The Bertz CT molecular complexity index is 1100. The number of nitrogens with zero attached hydrogens (tertiary/aromatic N) is 2. The SMILES string of the molecule is CC1C(=O)Nc2cc(Cl)ccc2-c2nc(Nc3ccc(C(=O)O)cc3)ncc21. The number of amides is 1. The molecule has 0 bridgehead atoms. The molecule has 1 aliphatic heterocycles. The van der Waals surface area contributed by atoms with Gasteiger partial charge in [0.05, 0.1) is 22.9 Å². The first-order valence-corrected chi connectivity index (χ1v) is 8.88. The topological polar surface area (TPSA) is 104 Å². The van der Waals surface area contributed by atoms with Gasteiger partial charge >= 0.3 is 5.97 Å². The molecule has 0 radical (unpaired) electrons. The Morgan fingerprint density at radius 3 is 2.68 bits per heavy atom. The van der Waals surface area contributed by atoms with Crippen LogP contribution < -0.4 is 10.6 Å². The van der Waals surface area contributed by atoms with Gasteiger partial charge in [-0.3, -0.25) is 4.79 Å². The van der Waals surface area contributed by atoms with Gasteiger partial charge in [0.2, 0.25) is 11.9 Å². The van der Waals surface area contributed by atoms with Crippen molar-refractivity contribution in [3.05, 3.63) is 64.8 Å². The maximum absolute atomic E-state index is 12.4. The molecule has 2 heterocycles. The van der Waals surface area contributed by atoms with Crippen LogP contribution in [0.5, 0.6) is 0 Å². The summed E-state index contributed by atoms with van der Waals surface area (Å²) in [6.45, 7) is 1.79. The molecule has 1 unspecified atom stereocenters. The monoisotopic (exact) mass is 394 g/mol. The molecule has 1 amide bonds. The number of aromatic carboxylic acids is 1. The Kier molecular flexibility index (Phi) is 4.44. The summed E-state index contributed by atoms with van der Waals surface area (Å²) in [6, 6.07) is 11.5. The smallest absolute Gasteiger partial charge is 0.335 e. The number of carbonyl (C=O) groups excluding carboxylic acids is 1. The van der Waals surface area contributed by atoms with Crippen LogP contribution in [0.25, 0.3) is 11.3 Å². The second-order valence-corrected chi connectivity index (χ2v) is 6.84. The van der Waals surface area contributed by atoms with E-state index in [1.165, 1.54) is 12.1 Å². The summed E-state index contributed by atoms with van der Waals surface area (Å²) in [6.07, 6.45) is 1.63. The molecule has 1 aromatic heterocycles. The Labute approximate surface area is 165 Å². The van der Waals surface area contributed by atoms with E-state index in [1.54, 1.807) is 37.4 Å². The Morgan fingerprint density at radius 2 is 1.96 bits per heavy atom. The van der Waals surface area contributed by atoms with Crippen molar-refractivity contribution in [1.82, 2.24) is 9.97 Å². The lowest BCUT2D eigenvalue weighted by Crippen LogP contribution is -2.17. The summed E-state index contributed by atoms with van der Waals surface area (Å²) in [5.74, 6) is -1.24. The molecule has 3 N–H and O–H groups in total. The number of carboxylic acids is 1. The van der Waals surface area contributed by atoms with E-state index in [-0.39, 0.29) is 11.5 Å². The van der Waals surface area contributed by atoms with Gasteiger partial charge in [-0.25, -0.2) is 14.8 Å². The number of nitrogens with one attached hydrogen (secondary N) is 2. The molecular formula is C20H15ClN4O3. The first-order chi connectivity index (χ1) is 13.4. The summed E-state index contributed by atoms with van der Waals surface area (Å²) in [7, 11) is 0. The Morgan fingerprint density at radius 1 is 1.21 bits per heavy atom. The standard InChI is InChI=1S/C20H15ClN4O3/c1-10-15-9-22-20(23-13-5-2-11(3-6-13)19(27)28)25-17(15)14-7-4-12(21)8-16(14)24-18(10)26/h2-10H,1H3,(H,24,26)(H,27,28)(H,22,23,25). The summed E-state index contributed by atoms with van der Waals surface area (Å²) in [5.41, 5.74) is 3.54. The third-order valence-electron chi connectivity index (χ3n) is 4.56. The Hall–Kier alpha value is -3.45. The number of rotatable bonds is 3. The molecule has 0 saturated heterocycles. The average Bonchev–Trinajstić information content (AvgIpc) is 2.77. The number of aromatic nitrogens is 2. The molecular weight excluding hydrogens is 380 g/mol. The van der Waals surface area contributed by atoms with Crippen molar-refractivity contribution in [3.63, 3.8) is 0 Å². The second kappa shape index (κ2) is 6.94. The summed E-state index contributed by atoms with van der Waals surface area (Å²) < 4.78 is 0. The summed E-state index contributed by atoms with van der Waals surface area (Å²) >= 11 is 6.08. The molecule has 140 valence electrons. The lowest BCUT2D eigenvalue weighted by molar-refractivity contribution is -0.117. The van der Waals surface area contributed by atoms with Gasteiger partial charge in [-0.15, -0.1) is 0 Å². The van der Waals surface area contributed by atoms with Crippen molar-refractivity contribution in [2.45, 2.75) is 12.8 Å². The largest absolute Gasteiger partial charge is 0.478 e. The van der Waals surface area contributed by atoms with Crippen LogP contribution in [-0.4, -0.2) is 27.0 Å². The Balaban J connectivity index is 1.75. The third kappa shape index (κ3) is 3.27. The fourth-order valence-corrected chi connectivity index (χ4v) is 3.19. The molecule has 0 saturated carbocycles. The molecule has 1 atom stereocenters. The molecule has 1 aliphatic rings. The van der Waals surface area contributed by atoms with Crippen molar-refractivity contribution >= 4 is 40.8 Å². The number of benzene rings is 2. The number of carboxylic acid groups (broad SMARTS) is 1. The molecule has 28 heavy (non-hydrogen) atoms. The quantitative estimate of drug-likeness (QED) is 0.612. The van der Waals surface area contributed by atoms with Crippen LogP contribution in [0.15, 0.2) is 48.7 Å². The number of halogens is 1. The number of hydrogen-bond donors (Lipinski definition) is 3. The summed E-state index contributed by atoms with van der Waals surface area (Å²) in [4.78, 5) is 32.3. The second-order valence-electron chi connectivity index (χ2n) is 6.41. The van der Waals surface area contributed by atoms with Crippen LogP contribution in [0.3, 0.4) is 0 Å². The zero-order valence-corrected chi connectivity index (χ0v) is 15.5. The number of hydrogen-bond acceptors (Lipinski definition) is 5. The highest BCUT2D eigenvalue weighted by Gasteiger charge is 2.27. The van der Waals surface area contributed by atoms with Crippen LogP contribution in [0.4, 0.5) is 17.3 Å². The van der Waals surface area contributed by atoms with Crippen molar-refractivity contribution in [2.75, 3.05) is 10.6 Å². The maximum Gasteiger partial charge on any atom is 0.335 e. The highest BCUT2D eigenvalue weighted by Crippen LogP contribution is 2.38. The fourth-order valence-electron chi connectivity index (χ4n) is 3.02. The van der Waals surface area contributed by atoms with Gasteiger partial charge in [0.25, 0.3) is 0 Å². The first-order valence-electron chi connectivity index (χ1n) is 8.50. The zero-order valence-electron chi connectivity index (χ0n) is 14.7. The van der Waals surface area contributed by atoms with E-state index in [2.05, 4.69) is 20.6 Å². The lowest BCUT2D eigenvalue weighted by atomic mass is 9.98. The van der Waals surface area contributed by atoms with Crippen LogP contribution >= 0.6 is 11.6 Å². The van der Waals surface area contributed by atoms with E-state index >= 15 is 0 Å². The van der Waals surface area contributed by atoms with Crippen LogP contribution in [-0.2, 0) is 4.79 Å². The molecule has 0 aliphatic carbocycles. The number of carbonyl (C=O) groups is 2. The summed E-state index contributed by atoms with van der Waals surface area (Å²) in [5, 5.41) is 15.5. The van der Waals surface area contributed by atoms with Gasteiger partial charge in [0.15, 0.2) is 0 Å². The highest BCUT2D eigenvalue weighted by molar-refractivity contribution is 6.31. The van der Waals surface area contributed by atoms with Gasteiger partial charge in [-0.2, -0.15) is 0 Å². The minimum Gasteiger partial charge on any atom is -0.478 e. The van der Waals surface area contributed by atoms with Crippen molar-refractivity contribution in [1.29, 1.82) is 0 Å². The molecule has 0 fully saturated rings. The molecule has 2 aromatic carbocycles. The van der Waals surface area contributed by atoms with Crippen molar-refractivity contribution < 1.29 is 14.7 Å². The lowest BCUT2D eigenvalue weighted by Gasteiger charge is -2.12. The maximum atomic E-state index is 12.4. The van der Waals surface area contributed by atoms with E-state index in [0.717, 1.165) is 5.56 Å². The van der Waals surface area contributed by atoms with Gasteiger partial charge in [-0.1, -0.05) is 11.6 Å². The van der Waals surface area contributed by atoms with Crippen LogP contribution in [0.1, 0.15) is 28.8 Å². The van der Waals surface area contributed by atoms with Gasteiger partial charge in [0.1, 0.15) is 0 Å². The molecule has 3 aromatic rings. The van der Waals surface area contributed by atoms with Crippen molar-refractivity contribution in [2.24, 2.45) is 0 Å². The number of anilines is 3. The highest BCUT2D eigenvalue weighted by atomic mass is 35.5. The van der Waals surface area contributed by atoms with E-state index in [0.29, 0.717) is 33.6 Å².